The molecule has 24 heavy (non-hydrogen) atoms. The number of benzene rings is 2. The second-order valence-corrected chi connectivity index (χ2v) is 7.60. The average molecular weight is 320 g/mol. The number of carbonyl (C=O) groups excluding carboxylic acids is 1. The predicted molar refractivity (Wildman–Crippen MR) is 95.5 cm³/mol. The maximum Gasteiger partial charge on any atom is 0.495 e. The zero-order valence-corrected chi connectivity index (χ0v) is 14.5. The van der Waals surface area contributed by atoms with Gasteiger partial charge < -0.3 is 14.1 Å². The topological polar surface area (TPSA) is 35.5 Å². The van der Waals surface area contributed by atoms with Gasteiger partial charge in [-0.1, -0.05) is 42.5 Å². The van der Waals surface area contributed by atoms with Crippen molar-refractivity contribution in [2.75, 3.05) is 0 Å². The number of aldehydes is 1. The molecule has 2 aromatic rings. The minimum absolute atomic E-state index is 0.258. The summed E-state index contributed by atoms with van der Waals surface area (Å²) < 4.78 is 12.5. The van der Waals surface area contributed by atoms with Gasteiger partial charge in [0.15, 0.2) is 0 Å². The smallest absolute Gasteiger partial charge is 0.399 e. The van der Waals surface area contributed by atoms with Crippen LogP contribution in [0.3, 0.4) is 0 Å². The molecule has 1 aliphatic heterocycles. The monoisotopic (exact) mass is 320 g/mol. The van der Waals surface area contributed by atoms with Crippen LogP contribution in [0.1, 0.15) is 44.7 Å². The van der Waals surface area contributed by atoms with Crippen molar-refractivity contribution in [1.82, 2.24) is 0 Å². The van der Waals surface area contributed by atoms with E-state index in [4.69, 9.17) is 9.31 Å². The number of carbonyl (C=O) groups is 1. The van der Waals surface area contributed by atoms with Gasteiger partial charge in [-0.15, -0.1) is 0 Å². The van der Waals surface area contributed by atoms with Crippen molar-refractivity contribution in [2.24, 2.45) is 0 Å². The molecule has 0 bridgehead atoms. The minimum atomic E-state index is -0.457. The highest BCUT2D eigenvalue weighted by Gasteiger charge is 2.53. The first-order chi connectivity index (χ1) is 11.4. The largest absolute Gasteiger partial charge is 0.495 e. The van der Waals surface area contributed by atoms with Crippen LogP contribution in [-0.2, 0) is 14.1 Å². The molecule has 1 atom stereocenters. The number of rotatable bonds is 2. The molecule has 4 rings (SSSR count). The molecule has 0 radical (unpaired) electrons. The van der Waals surface area contributed by atoms with Gasteiger partial charge in [-0.05, 0) is 55.4 Å². The molecule has 0 spiro atoms. The summed E-state index contributed by atoms with van der Waals surface area (Å²) in [6.45, 7) is 8.18. The van der Waals surface area contributed by atoms with E-state index in [-0.39, 0.29) is 5.92 Å². The summed E-state index contributed by atoms with van der Waals surface area (Å²) in [5.74, 6) is -0.258. The lowest BCUT2D eigenvalue weighted by Gasteiger charge is -2.32. The van der Waals surface area contributed by atoms with Crippen molar-refractivity contribution < 1.29 is 14.1 Å². The molecule has 2 aliphatic rings. The van der Waals surface area contributed by atoms with E-state index < -0.39 is 18.3 Å². The Hall–Kier alpha value is -1.91. The third-order valence-electron chi connectivity index (χ3n) is 5.68. The summed E-state index contributed by atoms with van der Waals surface area (Å²) in [5, 5.41) is 0. The first-order valence-corrected chi connectivity index (χ1v) is 8.39. The lowest BCUT2D eigenvalue weighted by molar-refractivity contribution is -0.108. The van der Waals surface area contributed by atoms with Gasteiger partial charge in [0.1, 0.15) is 6.29 Å². The average Bonchev–Trinajstić information content (AvgIpc) is 2.98. The summed E-state index contributed by atoms with van der Waals surface area (Å²) >= 11 is 0. The van der Waals surface area contributed by atoms with Crippen molar-refractivity contribution in [3.63, 3.8) is 0 Å². The molecule has 0 amide bonds. The summed E-state index contributed by atoms with van der Waals surface area (Å²) in [6.07, 6.45) is 1.03. The van der Waals surface area contributed by atoms with Crippen LogP contribution in [0, 0.1) is 0 Å². The number of hydrogen-bond donors (Lipinski definition) is 0. The summed E-state index contributed by atoms with van der Waals surface area (Å²) in [5.41, 5.74) is 4.47. The van der Waals surface area contributed by atoms with Crippen molar-refractivity contribution >= 4 is 18.9 Å². The van der Waals surface area contributed by atoms with Gasteiger partial charge in [-0.2, -0.15) is 0 Å². The van der Waals surface area contributed by atoms with E-state index in [1.165, 1.54) is 0 Å². The first-order valence-electron chi connectivity index (χ1n) is 8.39. The summed E-state index contributed by atoms with van der Waals surface area (Å²) in [4.78, 5) is 11.9. The molecular weight excluding hydrogens is 299 g/mol. The molecule has 1 saturated heterocycles. The van der Waals surface area contributed by atoms with Crippen LogP contribution in [0.2, 0.25) is 0 Å². The van der Waals surface area contributed by atoms with Crippen molar-refractivity contribution in [3.05, 3.63) is 53.6 Å². The van der Waals surface area contributed by atoms with Crippen LogP contribution < -0.4 is 5.46 Å². The molecule has 1 fully saturated rings. The van der Waals surface area contributed by atoms with Gasteiger partial charge in [-0.3, -0.25) is 0 Å². The van der Waals surface area contributed by atoms with E-state index in [1.54, 1.807) is 0 Å². The highest BCUT2D eigenvalue weighted by Crippen LogP contribution is 2.44. The maximum atomic E-state index is 11.9. The van der Waals surface area contributed by atoms with E-state index in [1.807, 2.05) is 58.0 Å². The molecule has 3 nitrogen and oxygen atoms in total. The van der Waals surface area contributed by atoms with Crippen molar-refractivity contribution in [3.8, 4) is 11.1 Å². The standard InChI is InChI=1S/C20H21BO3/c1-19(2)20(3,4)24-21(23-19)17-11-7-10-15-13-8-5-6-9-14(13)16(12-22)18(15)17/h5-12,16H,1-4H3. The van der Waals surface area contributed by atoms with Gasteiger partial charge >= 0.3 is 7.12 Å². The van der Waals surface area contributed by atoms with E-state index in [0.29, 0.717) is 0 Å². The van der Waals surface area contributed by atoms with Crippen molar-refractivity contribution in [2.45, 2.75) is 44.8 Å². The molecule has 122 valence electrons. The minimum Gasteiger partial charge on any atom is -0.399 e. The molecule has 1 aliphatic carbocycles. The second kappa shape index (κ2) is 5.04. The zero-order valence-electron chi connectivity index (χ0n) is 14.5. The third kappa shape index (κ3) is 2.03. The lowest BCUT2D eigenvalue weighted by Crippen LogP contribution is -2.41. The van der Waals surface area contributed by atoms with E-state index in [9.17, 15) is 4.79 Å². The van der Waals surface area contributed by atoms with Gasteiger partial charge in [0.05, 0.1) is 17.1 Å². The SMILES string of the molecule is CC1(C)OB(c2cccc3c2C(C=O)c2ccccc2-3)OC1(C)C. The molecular formula is C20H21BO3. The van der Waals surface area contributed by atoms with Gasteiger partial charge in [-0.25, -0.2) is 0 Å². The Morgan fingerprint density at radius 2 is 1.54 bits per heavy atom. The highest BCUT2D eigenvalue weighted by atomic mass is 16.7. The molecule has 1 unspecified atom stereocenters. The van der Waals surface area contributed by atoms with Gasteiger partial charge in [0.2, 0.25) is 0 Å². The Labute approximate surface area is 143 Å². The molecule has 2 aromatic carbocycles. The molecule has 0 saturated carbocycles. The van der Waals surface area contributed by atoms with E-state index in [0.717, 1.165) is 34.0 Å². The predicted octanol–water partition coefficient (Wildman–Crippen LogP) is 3.30. The molecule has 1 heterocycles. The van der Waals surface area contributed by atoms with E-state index >= 15 is 0 Å². The van der Waals surface area contributed by atoms with E-state index in [2.05, 4.69) is 12.1 Å². The quantitative estimate of drug-likeness (QED) is 0.629. The zero-order chi connectivity index (χ0) is 17.1. The first kappa shape index (κ1) is 15.6. The highest BCUT2D eigenvalue weighted by molar-refractivity contribution is 6.63. The van der Waals surface area contributed by atoms with Crippen LogP contribution in [0.4, 0.5) is 0 Å². The molecule has 0 aromatic heterocycles. The fourth-order valence-corrected chi connectivity index (χ4v) is 3.65. The molecule has 4 heteroatoms. The second-order valence-electron chi connectivity index (χ2n) is 7.60. The van der Waals surface area contributed by atoms with Gasteiger partial charge in [0, 0.05) is 0 Å². The fraction of sp³-hybridized carbons (Fsp3) is 0.350. The summed E-state index contributed by atoms with van der Waals surface area (Å²) in [7, 11) is -0.457. The molecule has 0 N–H and O–H groups in total. The fourth-order valence-electron chi connectivity index (χ4n) is 3.65. The van der Waals surface area contributed by atoms with Crippen LogP contribution in [0.5, 0.6) is 0 Å². The maximum absolute atomic E-state index is 11.9. The Balaban J connectivity index is 1.86. The summed E-state index contributed by atoms with van der Waals surface area (Å²) in [6, 6.07) is 14.2. The Bertz CT molecular complexity index is 809. The Morgan fingerprint density at radius 3 is 2.21 bits per heavy atom. The Kier molecular flexibility index (Phi) is 3.28. The normalized spacial score (nSPS) is 23.0. The number of fused-ring (bicyclic) bond motifs is 3. The van der Waals surface area contributed by atoms with Crippen LogP contribution in [0.15, 0.2) is 42.5 Å². The van der Waals surface area contributed by atoms with Crippen molar-refractivity contribution in [1.29, 1.82) is 0 Å². The third-order valence-corrected chi connectivity index (χ3v) is 5.68. The van der Waals surface area contributed by atoms with Crippen LogP contribution in [-0.4, -0.2) is 24.6 Å². The van der Waals surface area contributed by atoms with Crippen LogP contribution in [0.25, 0.3) is 11.1 Å². The van der Waals surface area contributed by atoms with Crippen LogP contribution >= 0.6 is 0 Å². The number of hydrogen-bond acceptors (Lipinski definition) is 3. The lowest BCUT2D eigenvalue weighted by atomic mass is 9.73. The Morgan fingerprint density at radius 1 is 0.917 bits per heavy atom. The van der Waals surface area contributed by atoms with Gasteiger partial charge in [0.25, 0.3) is 0 Å².